The molecule has 0 aromatic heterocycles. The Morgan fingerprint density at radius 1 is 1.17 bits per heavy atom. The number of hydrogen-bond donors (Lipinski definition) is 1. The highest BCUT2D eigenvalue weighted by Gasteiger charge is 2.13. The van der Waals surface area contributed by atoms with Crippen LogP contribution in [0.5, 0.6) is 17.2 Å². The lowest BCUT2D eigenvalue weighted by Crippen LogP contribution is -2.36. The summed E-state index contributed by atoms with van der Waals surface area (Å²) in [5.41, 5.74) is 2.24. The van der Waals surface area contributed by atoms with Crippen LogP contribution in [0.1, 0.15) is 11.1 Å². The number of thiocarbonyl (C=S) groups is 1. The third-order valence-electron chi connectivity index (χ3n) is 3.78. The van der Waals surface area contributed by atoms with E-state index in [0.717, 1.165) is 28.4 Å². The average Bonchev–Trinajstić information content (AvgIpc) is 3.07. The van der Waals surface area contributed by atoms with Crippen molar-refractivity contribution in [2.45, 2.75) is 13.1 Å². The molecule has 6 heteroatoms. The van der Waals surface area contributed by atoms with Crippen LogP contribution < -0.4 is 19.5 Å². The molecular formula is C18H20N2O3S. The monoisotopic (exact) mass is 344 g/mol. The van der Waals surface area contributed by atoms with E-state index < -0.39 is 0 Å². The van der Waals surface area contributed by atoms with Crippen LogP contribution in [0.25, 0.3) is 0 Å². The minimum atomic E-state index is 0.286. The van der Waals surface area contributed by atoms with E-state index in [-0.39, 0.29) is 6.79 Å². The number of methoxy groups -OCH3 is 1. The molecule has 0 fully saturated rings. The van der Waals surface area contributed by atoms with Gasteiger partial charge in [0.2, 0.25) is 6.79 Å². The maximum absolute atomic E-state index is 5.46. The summed E-state index contributed by atoms with van der Waals surface area (Å²) in [5, 5.41) is 3.96. The van der Waals surface area contributed by atoms with E-state index in [2.05, 4.69) is 11.4 Å². The Balaban J connectivity index is 1.54. The van der Waals surface area contributed by atoms with Gasteiger partial charge in [0.05, 0.1) is 7.11 Å². The predicted molar refractivity (Wildman–Crippen MR) is 96.5 cm³/mol. The van der Waals surface area contributed by atoms with Crippen LogP contribution in [0.3, 0.4) is 0 Å². The van der Waals surface area contributed by atoms with E-state index in [4.69, 9.17) is 26.4 Å². The van der Waals surface area contributed by atoms with Gasteiger partial charge in [-0.25, -0.2) is 0 Å². The molecule has 1 heterocycles. The van der Waals surface area contributed by atoms with Gasteiger partial charge in [-0.2, -0.15) is 0 Å². The summed E-state index contributed by atoms with van der Waals surface area (Å²) in [6.07, 6.45) is 0. The van der Waals surface area contributed by atoms with Gasteiger partial charge in [0, 0.05) is 20.1 Å². The Hall–Kier alpha value is -2.47. The molecule has 0 saturated heterocycles. The Morgan fingerprint density at radius 3 is 2.83 bits per heavy atom. The van der Waals surface area contributed by atoms with Gasteiger partial charge >= 0.3 is 0 Å². The molecule has 24 heavy (non-hydrogen) atoms. The Kier molecular flexibility index (Phi) is 5.05. The van der Waals surface area contributed by atoms with Gasteiger partial charge in [0.15, 0.2) is 16.6 Å². The third kappa shape index (κ3) is 3.89. The van der Waals surface area contributed by atoms with E-state index in [1.807, 2.05) is 48.3 Å². The lowest BCUT2D eigenvalue weighted by molar-refractivity contribution is 0.174. The summed E-state index contributed by atoms with van der Waals surface area (Å²) in [5.74, 6) is 2.42. The minimum Gasteiger partial charge on any atom is -0.497 e. The molecule has 0 bridgehead atoms. The third-order valence-corrected chi connectivity index (χ3v) is 4.24. The summed E-state index contributed by atoms with van der Waals surface area (Å²) < 4.78 is 16.0. The zero-order valence-electron chi connectivity index (χ0n) is 13.7. The van der Waals surface area contributed by atoms with E-state index >= 15 is 0 Å². The maximum Gasteiger partial charge on any atom is 0.231 e. The molecule has 1 aliphatic rings. The van der Waals surface area contributed by atoms with E-state index in [1.165, 1.54) is 0 Å². The normalized spacial score (nSPS) is 11.9. The molecule has 0 amide bonds. The number of hydrogen-bond acceptors (Lipinski definition) is 4. The van der Waals surface area contributed by atoms with Crippen molar-refractivity contribution < 1.29 is 14.2 Å². The molecule has 0 saturated carbocycles. The lowest BCUT2D eigenvalue weighted by atomic mass is 10.2. The van der Waals surface area contributed by atoms with Gasteiger partial charge in [-0.3, -0.25) is 0 Å². The summed E-state index contributed by atoms with van der Waals surface area (Å²) in [6, 6.07) is 13.9. The Morgan fingerprint density at radius 2 is 2.00 bits per heavy atom. The first-order valence-electron chi connectivity index (χ1n) is 7.66. The number of rotatable bonds is 5. The van der Waals surface area contributed by atoms with E-state index in [9.17, 15) is 0 Å². The average molecular weight is 344 g/mol. The van der Waals surface area contributed by atoms with Gasteiger partial charge in [-0.15, -0.1) is 0 Å². The predicted octanol–water partition coefficient (Wildman–Crippen LogP) is 2.93. The van der Waals surface area contributed by atoms with E-state index in [1.54, 1.807) is 7.11 Å². The molecule has 0 spiro atoms. The molecule has 5 nitrogen and oxygen atoms in total. The van der Waals surface area contributed by atoms with Crippen LogP contribution in [0.4, 0.5) is 0 Å². The first kappa shape index (κ1) is 16.4. The molecule has 0 radical (unpaired) electrons. The molecule has 0 atom stereocenters. The van der Waals surface area contributed by atoms with Crippen molar-refractivity contribution in [3.8, 4) is 17.2 Å². The highest BCUT2D eigenvalue weighted by Crippen LogP contribution is 2.32. The first-order valence-corrected chi connectivity index (χ1v) is 8.07. The number of fused-ring (bicyclic) bond motifs is 1. The molecule has 0 unspecified atom stereocenters. The highest BCUT2D eigenvalue weighted by atomic mass is 32.1. The number of nitrogens with zero attached hydrogens (tertiary/aromatic N) is 1. The van der Waals surface area contributed by atoms with Crippen molar-refractivity contribution in [3.05, 3.63) is 53.6 Å². The SMILES string of the molecule is COc1cccc(CN(C)C(=S)NCc2ccc3c(c2)OCO3)c1. The molecule has 0 aliphatic carbocycles. The zero-order chi connectivity index (χ0) is 16.9. The Labute approximate surface area is 147 Å². The fraction of sp³-hybridized carbons (Fsp3) is 0.278. The van der Waals surface area contributed by atoms with Crippen molar-refractivity contribution in [3.63, 3.8) is 0 Å². The van der Waals surface area contributed by atoms with Crippen molar-refractivity contribution in [1.29, 1.82) is 0 Å². The summed E-state index contributed by atoms with van der Waals surface area (Å²) >= 11 is 5.46. The summed E-state index contributed by atoms with van der Waals surface area (Å²) in [6.45, 7) is 1.63. The first-order chi connectivity index (χ1) is 11.7. The van der Waals surface area contributed by atoms with Crippen LogP contribution in [0.2, 0.25) is 0 Å². The lowest BCUT2D eigenvalue weighted by Gasteiger charge is -2.21. The smallest absolute Gasteiger partial charge is 0.231 e. The van der Waals surface area contributed by atoms with Crippen molar-refractivity contribution in [1.82, 2.24) is 10.2 Å². The van der Waals surface area contributed by atoms with Crippen LogP contribution in [-0.4, -0.2) is 31.0 Å². The Bertz CT molecular complexity index is 736. The van der Waals surface area contributed by atoms with Gasteiger partial charge in [-0.05, 0) is 47.6 Å². The zero-order valence-corrected chi connectivity index (χ0v) is 14.6. The minimum absolute atomic E-state index is 0.286. The van der Waals surface area contributed by atoms with Gasteiger partial charge in [-0.1, -0.05) is 18.2 Å². The maximum atomic E-state index is 5.46. The standard InChI is InChI=1S/C18H20N2O3S/c1-20(11-14-4-3-5-15(8-14)21-2)18(24)19-10-13-6-7-16-17(9-13)23-12-22-16/h3-9H,10-12H2,1-2H3,(H,19,24). The number of benzene rings is 2. The van der Waals surface area contributed by atoms with Crippen molar-refractivity contribution in [2.24, 2.45) is 0 Å². The quantitative estimate of drug-likeness (QED) is 0.842. The molecule has 2 aromatic rings. The molecule has 3 rings (SSSR count). The van der Waals surface area contributed by atoms with Gasteiger partial charge < -0.3 is 24.4 Å². The summed E-state index contributed by atoms with van der Waals surface area (Å²) in [7, 11) is 3.63. The van der Waals surface area contributed by atoms with Crippen LogP contribution in [0, 0.1) is 0 Å². The van der Waals surface area contributed by atoms with Crippen molar-refractivity contribution in [2.75, 3.05) is 21.0 Å². The number of ether oxygens (including phenoxy) is 3. The largest absolute Gasteiger partial charge is 0.497 e. The van der Waals surface area contributed by atoms with E-state index in [0.29, 0.717) is 18.2 Å². The van der Waals surface area contributed by atoms with Gasteiger partial charge in [0.25, 0.3) is 0 Å². The molecule has 1 aliphatic heterocycles. The number of nitrogens with one attached hydrogen (secondary N) is 1. The van der Waals surface area contributed by atoms with Crippen LogP contribution in [-0.2, 0) is 13.1 Å². The van der Waals surface area contributed by atoms with Gasteiger partial charge in [0.1, 0.15) is 5.75 Å². The molecular weight excluding hydrogens is 324 g/mol. The fourth-order valence-corrected chi connectivity index (χ4v) is 2.62. The molecule has 2 aromatic carbocycles. The van der Waals surface area contributed by atoms with Crippen LogP contribution in [0.15, 0.2) is 42.5 Å². The molecule has 1 N–H and O–H groups in total. The second-order valence-corrected chi connectivity index (χ2v) is 5.94. The molecule has 126 valence electrons. The second-order valence-electron chi connectivity index (χ2n) is 5.55. The fourth-order valence-electron chi connectivity index (χ4n) is 2.48. The summed E-state index contributed by atoms with van der Waals surface area (Å²) in [4.78, 5) is 2.00. The van der Waals surface area contributed by atoms with Crippen LogP contribution >= 0.6 is 12.2 Å². The van der Waals surface area contributed by atoms with Crippen molar-refractivity contribution >= 4 is 17.3 Å². The topological polar surface area (TPSA) is 43.0 Å². The highest BCUT2D eigenvalue weighted by molar-refractivity contribution is 7.80. The second kappa shape index (κ2) is 7.40.